The molecule has 0 aliphatic carbocycles. The molecular formula is C13H22N2O4S2. The van der Waals surface area contributed by atoms with Crippen LogP contribution in [-0.2, 0) is 14.8 Å². The number of unbranched alkanes of at least 4 members (excludes halogenated alkanes) is 3. The largest absolute Gasteiger partial charge is 0.464 e. The number of rotatable bonds is 9. The molecule has 0 saturated heterocycles. The minimum absolute atomic E-state index is 0.0882. The molecule has 0 spiro atoms. The SMILES string of the molecule is CCCCCCC(C)NS(=O)(=O)c1scnc1C(=O)OC. The number of nitrogens with zero attached hydrogens (tertiary/aromatic N) is 1. The number of hydrogen-bond acceptors (Lipinski definition) is 6. The molecule has 1 heterocycles. The highest BCUT2D eigenvalue weighted by Crippen LogP contribution is 2.21. The van der Waals surface area contributed by atoms with Gasteiger partial charge in [-0.2, -0.15) is 0 Å². The molecule has 0 fully saturated rings. The van der Waals surface area contributed by atoms with Gasteiger partial charge in [-0.3, -0.25) is 0 Å². The number of nitrogens with one attached hydrogen (secondary N) is 1. The lowest BCUT2D eigenvalue weighted by Gasteiger charge is -2.13. The molecule has 21 heavy (non-hydrogen) atoms. The molecule has 0 radical (unpaired) electrons. The summed E-state index contributed by atoms with van der Waals surface area (Å²) in [5.74, 6) is -0.743. The van der Waals surface area contributed by atoms with Gasteiger partial charge >= 0.3 is 5.97 Å². The van der Waals surface area contributed by atoms with Crippen molar-refractivity contribution in [1.82, 2.24) is 9.71 Å². The second kappa shape index (κ2) is 8.45. The first kappa shape index (κ1) is 18.1. The summed E-state index contributed by atoms with van der Waals surface area (Å²) < 4.78 is 31.6. The van der Waals surface area contributed by atoms with Crippen molar-refractivity contribution in [1.29, 1.82) is 0 Å². The van der Waals surface area contributed by atoms with Crippen LogP contribution in [0.2, 0.25) is 0 Å². The molecule has 8 heteroatoms. The number of aromatic nitrogens is 1. The number of methoxy groups -OCH3 is 1. The minimum atomic E-state index is -3.74. The van der Waals surface area contributed by atoms with Crippen molar-refractivity contribution >= 4 is 27.3 Å². The van der Waals surface area contributed by atoms with Crippen LogP contribution in [0, 0.1) is 0 Å². The van der Waals surface area contributed by atoms with Crippen LogP contribution >= 0.6 is 11.3 Å². The highest BCUT2D eigenvalue weighted by molar-refractivity contribution is 7.91. The van der Waals surface area contributed by atoms with Gasteiger partial charge < -0.3 is 4.74 Å². The van der Waals surface area contributed by atoms with Gasteiger partial charge in [0.15, 0.2) is 9.90 Å². The van der Waals surface area contributed by atoms with Crippen molar-refractivity contribution in [3.63, 3.8) is 0 Å². The van der Waals surface area contributed by atoms with Crippen LogP contribution in [0.3, 0.4) is 0 Å². The Morgan fingerprint density at radius 3 is 2.76 bits per heavy atom. The van der Waals surface area contributed by atoms with E-state index < -0.39 is 16.0 Å². The smallest absolute Gasteiger partial charge is 0.358 e. The molecule has 0 aliphatic heterocycles. The first-order valence-corrected chi connectivity index (χ1v) is 9.32. The number of hydrogen-bond donors (Lipinski definition) is 1. The number of carbonyl (C=O) groups excluding carboxylic acids is 1. The Morgan fingerprint density at radius 1 is 1.43 bits per heavy atom. The quantitative estimate of drug-likeness (QED) is 0.554. The molecule has 120 valence electrons. The van der Waals surface area contributed by atoms with E-state index in [0.29, 0.717) is 0 Å². The van der Waals surface area contributed by atoms with E-state index in [1.165, 1.54) is 12.6 Å². The molecule has 1 aromatic rings. The Morgan fingerprint density at radius 2 is 2.14 bits per heavy atom. The standard InChI is InChI=1S/C13H22N2O4S2/c1-4-5-6-7-8-10(2)15-21(17,18)13-11(12(16)19-3)14-9-20-13/h9-10,15H,4-8H2,1-3H3. The van der Waals surface area contributed by atoms with E-state index in [4.69, 9.17) is 0 Å². The number of sulfonamides is 1. The highest BCUT2D eigenvalue weighted by Gasteiger charge is 2.27. The number of thiazole rings is 1. The fourth-order valence-corrected chi connectivity index (χ4v) is 4.34. The minimum Gasteiger partial charge on any atom is -0.464 e. The second-order valence-electron chi connectivity index (χ2n) is 4.85. The maximum absolute atomic E-state index is 12.3. The van der Waals surface area contributed by atoms with Crippen molar-refractivity contribution in [2.45, 2.75) is 56.2 Å². The van der Waals surface area contributed by atoms with Gasteiger partial charge in [0.25, 0.3) is 10.0 Å². The second-order valence-corrected chi connectivity index (χ2v) is 7.62. The molecule has 0 bridgehead atoms. The Balaban J connectivity index is 2.69. The first-order chi connectivity index (χ1) is 9.92. The number of esters is 1. The topological polar surface area (TPSA) is 85.4 Å². The predicted molar refractivity (Wildman–Crippen MR) is 82.0 cm³/mol. The van der Waals surface area contributed by atoms with Crippen molar-refractivity contribution < 1.29 is 17.9 Å². The van der Waals surface area contributed by atoms with Crippen LogP contribution in [0.25, 0.3) is 0 Å². The lowest BCUT2D eigenvalue weighted by Crippen LogP contribution is -2.33. The molecule has 0 aliphatic rings. The Bertz CT molecular complexity index is 554. The maximum Gasteiger partial charge on any atom is 0.358 e. The van der Waals surface area contributed by atoms with Crippen molar-refractivity contribution in [3.05, 3.63) is 11.2 Å². The molecule has 0 amide bonds. The van der Waals surface area contributed by atoms with Crippen molar-refractivity contribution in [2.75, 3.05) is 7.11 Å². The summed E-state index contributed by atoms with van der Waals surface area (Å²) in [4.78, 5) is 15.3. The average Bonchev–Trinajstić information content (AvgIpc) is 2.92. The molecule has 1 atom stereocenters. The Hall–Kier alpha value is -0.990. The van der Waals surface area contributed by atoms with Crippen LogP contribution in [0.4, 0.5) is 0 Å². The lowest BCUT2D eigenvalue weighted by molar-refractivity contribution is 0.0590. The predicted octanol–water partition coefficient (Wildman–Crippen LogP) is 2.57. The van der Waals surface area contributed by atoms with E-state index in [0.717, 1.165) is 43.4 Å². The van der Waals surface area contributed by atoms with Crippen LogP contribution in [0.15, 0.2) is 9.72 Å². The van der Waals surface area contributed by atoms with Gasteiger partial charge in [0.1, 0.15) is 0 Å². The van der Waals surface area contributed by atoms with Gasteiger partial charge in [-0.1, -0.05) is 32.6 Å². The zero-order chi connectivity index (χ0) is 15.9. The van der Waals surface area contributed by atoms with E-state index in [9.17, 15) is 13.2 Å². The van der Waals surface area contributed by atoms with Gasteiger partial charge in [-0.05, 0) is 13.3 Å². The fraction of sp³-hybridized carbons (Fsp3) is 0.692. The van der Waals surface area contributed by atoms with E-state index in [1.54, 1.807) is 0 Å². The van der Waals surface area contributed by atoms with E-state index in [2.05, 4.69) is 21.4 Å². The molecule has 1 aromatic heterocycles. The summed E-state index contributed by atoms with van der Waals surface area (Å²) in [5.41, 5.74) is 1.17. The Kier molecular flexibility index (Phi) is 7.27. The molecule has 1 unspecified atom stereocenters. The zero-order valence-electron chi connectivity index (χ0n) is 12.6. The van der Waals surface area contributed by atoms with Crippen molar-refractivity contribution in [2.24, 2.45) is 0 Å². The summed E-state index contributed by atoms with van der Waals surface area (Å²) in [6.45, 7) is 3.95. The molecule has 1 N–H and O–H groups in total. The van der Waals surface area contributed by atoms with Gasteiger partial charge in [0.05, 0.1) is 12.6 Å². The van der Waals surface area contributed by atoms with Crippen LogP contribution in [0.5, 0.6) is 0 Å². The molecule has 0 saturated carbocycles. The molecule has 0 aromatic carbocycles. The fourth-order valence-electron chi connectivity index (χ4n) is 1.91. The number of carbonyl (C=O) groups is 1. The third kappa shape index (κ3) is 5.37. The van der Waals surface area contributed by atoms with E-state index in [1.807, 2.05) is 6.92 Å². The zero-order valence-corrected chi connectivity index (χ0v) is 14.2. The summed E-state index contributed by atoms with van der Waals surface area (Å²) in [6, 6.07) is -0.181. The Labute approximate surface area is 130 Å². The van der Waals surface area contributed by atoms with Gasteiger partial charge in [0, 0.05) is 6.04 Å². The average molecular weight is 334 g/mol. The summed E-state index contributed by atoms with van der Waals surface area (Å²) in [5, 5.41) is 0. The lowest BCUT2D eigenvalue weighted by atomic mass is 10.1. The van der Waals surface area contributed by atoms with Crippen molar-refractivity contribution in [3.8, 4) is 0 Å². The summed E-state index contributed by atoms with van der Waals surface area (Å²) in [6.07, 6.45) is 5.14. The maximum atomic E-state index is 12.3. The van der Waals surface area contributed by atoms with Gasteiger partial charge in [0.2, 0.25) is 0 Å². The van der Waals surface area contributed by atoms with E-state index >= 15 is 0 Å². The number of ether oxygens (including phenoxy) is 1. The van der Waals surface area contributed by atoms with Gasteiger partial charge in [-0.15, -0.1) is 11.3 Å². The summed E-state index contributed by atoms with van der Waals surface area (Å²) in [7, 11) is -2.54. The van der Waals surface area contributed by atoms with Gasteiger partial charge in [-0.25, -0.2) is 22.9 Å². The first-order valence-electron chi connectivity index (χ1n) is 6.96. The molecular weight excluding hydrogens is 312 g/mol. The molecule has 1 rings (SSSR count). The monoisotopic (exact) mass is 334 g/mol. The van der Waals surface area contributed by atoms with Crippen LogP contribution < -0.4 is 4.72 Å². The van der Waals surface area contributed by atoms with Crippen LogP contribution in [-0.4, -0.2) is 32.5 Å². The third-order valence-electron chi connectivity index (χ3n) is 3.00. The normalized spacial score (nSPS) is 13.1. The molecule has 6 nitrogen and oxygen atoms in total. The van der Waals surface area contributed by atoms with Crippen LogP contribution in [0.1, 0.15) is 56.4 Å². The highest BCUT2D eigenvalue weighted by atomic mass is 32.2. The summed E-state index contributed by atoms with van der Waals surface area (Å²) >= 11 is 0.912. The third-order valence-corrected chi connectivity index (χ3v) is 5.96. The van der Waals surface area contributed by atoms with E-state index in [-0.39, 0.29) is 15.9 Å².